The molecular formula is C14H13NO4S. The van der Waals surface area contributed by atoms with Gasteiger partial charge in [0, 0.05) is 0 Å². The number of fused-ring (bicyclic) bond motifs is 1. The predicted octanol–water partition coefficient (Wildman–Crippen LogP) is 1.76. The van der Waals surface area contributed by atoms with Crippen LogP contribution < -0.4 is 4.74 Å². The number of thioether (sulfide) groups is 1. The molecule has 2 aliphatic rings. The minimum absolute atomic E-state index is 0.0194. The molecule has 6 heteroatoms. The van der Waals surface area contributed by atoms with E-state index in [0.29, 0.717) is 12.1 Å². The molecule has 0 radical (unpaired) electrons. The first kappa shape index (κ1) is 13.1. The molecule has 0 bridgehead atoms. The third-order valence-corrected chi connectivity index (χ3v) is 4.43. The van der Waals surface area contributed by atoms with E-state index in [2.05, 4.69) is 0 Å². The van der Waals surface area contributed by atoms with Gasteiger partial charge in [-0.15, -0.1) is 0 Å². The summed E-state index contributed by atoms with van der Waals surface area (Å²) in [5, 5.41) is 0.0194. The molecule has 1 amide bonds. The molecule has 0 N–H and O–H groups in total. The Morgan fingerprint density at radius 2 is 2.15 bits per heavy atom. The molecule has 3 rings (SSSR count). The van der Waals surface area contributed by atoms with Gasteiger partial charge in [0.2, 0.25) is 5.91 Å². The largest absolute Gasteiger partial charge is 0.488 e. The number of hydrogen-bond donors (Lipinski definition) is 0. The van der Waals surface area contributed by atoms with Crippen LogP contribution in [0.5, 0.6) is 5.75 Å². The number of β-lactam (4-membered cyclic amide) rings is 1. The summed E-state index contributed by atoms with van der Waals surface area (Å²) < 4.78 is 10.4. The highest BCUT2D eigenvalue weighted by atomic mass is 32.2. The number of methoxy groups -OCH3 is 1. The van der Waals surface area contributed by atoms with Crippen LogP contribution in [0.25, 0.3) is 0 Å². The SMILES string of the molecule is COC(=O)C1=C(COc2ccccc2)S[C@@H]2CC(=O)N12. The Morgan fingerprint density at radius 1 is 1.40 bits per heavy atom. The number of esters is 1. The zero-order valence-corrected chi connectivity index (χ0v) is 11.7. The summed E-state index contributed by atoms with van der Waals surface area (Å²) in [7, 11) is 1.31. The molecule has 20 heavy (non-hydrogen) atoms. The third-order valence-electron chi connectivity index (χ3n) is 3.18. The summed E-state index contributed by atoms with van der Waals surface area (Å²) in [5.74, 6) is 0.197. The maximum Gasteiger partial charge on any atom is 0.355 e. The van der Waals surface area contributed by atoms with Gasteiger partial charge in [0.1, 0.15) is 18.1 Å². The number of ether oxygens (including phenoxy) is 2. The van der Waals surface area contributed by atoms with Crippen LogP contribution in [0.1, 0.15) is 6.42 Å². The van der Waals surface area contributed by atoms with Gasteiger partial charge in [0.05, 0.1) is 23.8 Å². The Bertz CT molecular complexity index is 584. The third kappa shape index (κ3) is 2.16. The predicted molar refractivity (Wildman–Crippen MR) is 73.8 cm³/mol. The molecule has 1 aromatic rings. The lowest BCUT2D eigenvalue weighted by Gasteiger charge is -2.34. The normalized spacial score (nSPS) is 20.6. The summed E-state index contributed by atoms with van der Waals surface area (Å²) in [6.07, 6.45) is 0.458. The van der Waals surface area contributed by atoms with Crippen molar-refractivity contribution in [3.05, 3.63) is 40.9 Å². The van der Waals surface area contributed by atoms with Gasteiger partial charge in [-0.25, -0.2) is 4.79 Å². The molecule has 0 saturated carbocycles. The van der Waals surface area contributed by atoms with Crippen LogP contribution in [0.4, 0.5) is 0 Å². The molecule has 1 saturated heterocycles. The molecule has 104 valence electrons. The average molecular weight is 291 g/mol. The quantitative estimate of drug-likeness (QED) is 0.625. The van der Waals surface area contributed by atoms with Crippen LogP contribution in [-0.2, 0) is 14.3 Å². The summed E-state index contributed by atoms with van der Waals surface area (Å²) in [5.41, 5.74) is 0.328. The van der Waals surface area contributed by atoms with E-state index in [1.165, 1.54) is 23.8 Å². The Labute approximate surface area is 120 Å². The molecule has 2 aliphatic heterocycles. The highest BCUT2D eigenvalue weighted by Gasteiger charge is 2.48. The van der Waals surface area contributed by atoms with E-state index in [4.69, 9.17) is 9.47 Å². The number of benzene rings is 1. The Hall–Kier alpha value is -1.95. The number of nitrogens with zero attached hydrogens (tertiary/aromatic N) is 1. The Balaban J connectivity index is 1.78. The smallest absolute Gasteiger partial charge is 0.355 e. The van der Waals surface area contributed by atoms with E-state index in [9.17, 15) is 9.59 Å². The number of amides is 1. The molecule has 1 aromatic carbocycles. The van der Waals surface area contributed by atoms with Gasteiger partial charge < -0.3 is 9.47 Å². The van der Waals surface area contributed by atoms with Crippen molar-refractivity contribution in [2.45, 2.75) is 11.8 Å². The first-order valence-corrected chi connectivity index (χ1v) is 7.06. The summed E-state index contributed by atoms with van der Waals surface area (Å²) in [6.45, 7) is 0.263. The minimum atomic E-state index is -0.486. The monoisotopic (exact) mass is 291 g/mol. The lowest BCUT2D eigenvalue weighted by Crippen LogP contribution is -2.48. The van der Waals surface area contributed by atoms with Crippen molar-refractivity contribution in [2.24, 2.45) is 0 Å². The lowest BCUT2D eigenvalue weighted by atomic mass is 10.1. The lowest BCUT2D eigenvalue weighted by molar-refractivity contribution is -0.147. The van der Waals surface area contributed by atoms with Crippen LogP contribution >= 0.6 is 11.8 Å². The first-order valence-electron chi connectivity index (χ1n) is 6.18. The van der Waals surface area contributed by atoms with Crippen molar-refractivity contribution < 1.29 is 19.1 Å². The summed E-state index contributed by atoms with van der Waals surface area (Å²) >= 11 is 1.49. The van der Waals surface area contributed by atoms with Crippen molar-refractivity contribution in [2.75, 3.05) is 13.7 Å². The molecule has 0 aromatic heterocycles. The Morgan fingerprint density at radius 3 is 2.80 bits per heavy atom. The molecule has 1 fully saturated rings. The first-order chi connectivity index (χ1) is 9.70. The van der Waals surface area contributed by atoms with Crippen LogP contribution in [0.3, 0.4) is 0 Å². The van der Waals surface area contributed by atoms with Crippen molar-refractivity contribution >= 4 is 23.6 Å². The number of carbonyl (C=O) groups is 2. The van der Waals surface area contributed by atoms with Gasteiger partial charge in [-0.2, -0.15) is 0 Å². The molecule has 2 heterocycles. The minimum Gasteiger partial charge on any atom is -0.488 e. The zero-order chi connectivity index (χ0) is 14.1. The van der Waals surface area contributed by atoms with Gasteiger partial charge in [-0.05, 0) is 12.1 Å². The van der Waals surface area contributed by atoms with Gasteiger partial charge in [-0.3, -0.25) is 9.69 Å². The maximum absolute atomic E-state index is 11.8. The molecule has 5 nitrogen and oxygen atoms in total. The fourth-order valence-corrected chi connectivity index (χ4v) is 3.48. The number of para-hydroxylation sites is 1. The second-order valence-corrected chi connectivity index (χ2v) is 5.68. The standard InChI is InChI=1S/C14H13NO4S/c1-18-14(17)13-10(20-12-7-11(16)15(12)13)8-19-9-5-3-2-4-6-9/h2-6,12H,7-8H2,1H3/t12-/m1/s1. The van der Waals surface area contributed by atoms with E-state index in [0.717, 1.165) is 10.7 Å². The van der Waals surface area contributed by atoms with Gasteiger partial charge >= 0.3 is 5.97 Å². The highest BCUT2D eigenvalue weighted by Crippen LogP contribution is 2.46. The number of rotatable bonds is 4. The van der Waals surface area contributed by atoms with Crippen molar-refractivity contribution in [3.8, 4) is 5.75 Å². The van der Waals surface area contributed by atoms with E-state index in [-0.39, 0.29) is 17.9 Å². The van der Waals surface area contributed by atoms with E-state index in [1.54, 1.807) is 0 Å². The fourth-order valence-electron chi connectivity index (χ4n) is 2.18. The van der Waals surface area contributed by atoms with Gasteiger partial charge in [0.25, 0.3) is 0 Å². The average Bonchev–Trinajstić information content (AvgIpc) is 2.77. The zero-order valence-electron chi connectivity index (χ0n) is 10.9. The van der Waals surface area contributed by atoms with Crippen LogP contribution in [0.15, 0.2) is 40.9 Å². The van der Waals surface area contributed by atoms with Crippen LogP contribution in [-0.4, -0.2) is 35.9 Å². The summed E-state index contributed by atoms with van der Waals surface area (Å²) in [4.78, 5) is 25.7. The second kappa shape index (κ2) is 5.20. The van der Waals surface area contributed by atoms with Crippen LogP contribution in [0, 0.1) is 0 Å². The Kier molecular flexibility index (Phi) is 3.40. The topological polar surface area (TPSA) is 55.8 Å². The summed E-state index contributed by atoms with van der Waals surface area (Å²) in [6, 6.07) is 9.35. The fraction of sp³-hybridized carbons (Fsp3) is 0.286. The highest BCUT2D eigenvalue weighted by molar-refractivity contribution is 8.04. The molecular weight excluding hydrogens is 278 g/mol. The second-order valence-electron chi connectivity index (χ2n) is 4.41. The molecule has 0 aliphatic carbocycles. The molecule has 1 atom stereocenters. The van der Waals surface area contributed by atoms with E-state index < -0.39 is 5.97 Å². The van der Waals surface area contributed by atoms with Crippen molar-refractivity contribution in [3.63, 3.8) is 0 Å². The number of carbonyl (C=O) groups excluding carboxylic acids is 2. The van der Waals surface area contributed by atoms with Crippen molar-refractivity contribution in [1.29, 1.82) is 0 Å². The van der Waals surface area contributed by atoms with Gasteiger partial charge in [-0.1, -0.05) is 30.0 Å². The maximum atomic E-state index is 11.8. The van der Waals surface area contributed by atoms with Crippen molar-refractivity contribution in [1.82, 2.24) is 4.90 Å². The van der Waals surface area contributed by atoms with E-state index in [1.807, 2.05) is 30.3 Å². The van der Waals surface area contributed by atoms with E-state index >= 15 is 0 Å². The van der Waals surface area contributed by atoms with Gasteiger partial charge in [0.15, 0.2) is 0 Å². The van der Waals surface area contributed by atoms with Crippen LogP contribution in [0.2, 0.25) is 0 Å². The number of hydrogen-bond acceptors (Lipinski definition) is 5. The molecule has 0 spiro atoms. The molecule has 0 unspecified atom stereocenters.